The molecule has 1 atom stereocenters. The van der Waals surface area contributed by atoms with E-state index in [2.05, 4.69) is 58.7 Å². The van der Waals surface area contributed by atoms with Crippen molar-refractivity contribution in [3.8, 4) is 0 Å². The molecule has 1 nitrogen and oxygen atoms in total. The second-order valence-electron chi connectivity index (χ2n) is 4.22. The lowest BCUT2D eigenvalue weighted by atomic mass is 10.2. The molecule has 0 aliphatic carbocycles. The van der Waals surface area contributed by atoms with Crippen molar-refractivity contribution in [1.82, 2.24) is 4.90 Å². The van der Waals surface area contributed by atoms with Crippen LogP contribution in [0.1, 0.15) is 18.9 Å². The molecule has 0 bridgehead atoms. The van der Waals surface area contributed by atoms with Crippen LogP contribution in [0.4, 0.5) is 0 Å². The van der Waals surface area contributed by atoms with Gasteiger partial charge in [0.25, 0.3) is 0 Å². The van der Waals surface area contributed by atoms with Crippen LogP contribution in [0.25, 0.3) is 0 Å². The summed E-state index contributed by atoms with van der Waals surface area (Å²) >= 11 is 2.43. The predicted octanol–water partition coefficient (Wildman–Crippen LogP) is 3.13. The Morgan fingerprint density at radius 1 is 1.43 bits per heavy atom. The topological polar surface area (TPSA) is 3.24 Å². The lowest BCUT2D eigenvalue weighted by Crippen LogP contribution is -2.20. The normalized spacial score (nSPS) is 22.9. The lowest BCUT2D eigenvalue weighted by molar-refractivity contribution is 0.319. The number of nitrogens with zero attached hydrogens (tertiary/aromatic N) is 1. The molecule has 1 aliphatic rings. The van der Waals surface area contributed by atoms with Gasteiger partial charge in [0, 0.05) is 16.7 Å². The zero-order valence-corrected chi connectivity index (χ0v) is 10.7. The summed E-state index contributed by atoms with van der Waals surface area (Å²) in [5.74, 6) is 0.886. The minimum absolute atomic E-state index is 0.886. The molecule has 0 spiro atoms. The summed E-state index contributed by atoms with van der Waals surface area (Å²) in [6.45, 7) is 6.01. The maximum absolute atomic E-state index is 2.56. The molecule has 14 heavy (non-hydrogen) atoms. The van der Waals surface area contributed by atoms with Crippen molar-refractivity contribution in [2.24, 2.45) is 5.92 Å². The van der Waals surface area contributed by atoms with Gasteiger partial charge in [-0.25, -0.2) is 0 Å². The van der Waals surface area contributed by atoms with Gasteiger partial charge in [-0.15, -0.1) is 0 Å². The highest BCUT2D eigenvalue weighted by molar-refractivity contribution is 14.1. The van der Waals surface area contributed by atoms with Gasteiger partial charge in [-0.3, -0.25) is 4.90 Å². The van der Waals surface area contributed by atoms with E-state index < -0.39 is 0 Å². The second kappa shape index (κ2) is 4.62. The number of likely N-dealkylation sites (tertiary alicyclic amines) is 1. The first-order valence-corrected chi connectivity index (χ1v) is 6.29. The Hall–Kier alpha value is -0.0900. The molecule has 0 N–H and O–H groups in total. The van der Waals surface area contributed by atoms with Crippen LogP contribution in [0.15, 0.2) is 24.3 Å². The van der Waals surface area contributed by atoms with Crippen molar-refractivity contribution in [1.29, 1.82) is 0 Å². The van der Waals surface area contributed by atoms with Gasteiger partial charge < -0.3 is 0 Å². The van der Waals surface area contributed by atoms with Crippen molar-refractivity contribution in [2.75, 3.05) is 13.1 Å². The quantitative estimate of drug-likeness (QED) is 0.759. The number of rotatable bonds is 2. The monoisotopic (exact) mass is 301 g/mol. The molecular formula is C12H16IN. The average molecular weight is 301 g/mol. The van der Waals surface area contributed by atoms with Gasteiger partial charge in [-0.05, 0) is 53.1 Å². The molecule has 0 amide bonds. The minimum atomic E-state index is 0.886. The molecule has 1 aromatic rings. The number of hydrogen-bond acceptors (Lipinski definition) is 1. The molecule has 0 saturated carbocycles. The lowest BCUT2D eigenvalue weighted by Gasteiger charge is -2.16. The maximum Gasteiger partial charge on any atom is 0.0244 e. The summed E-state index contributed by atoms with van der Waals surface area (Å²) in [5, 5.41) is 0. The van der Waals surface area contributed by atoms with Crippen LogP contribution >= 0.6 is 22.6 Å². The molecule has 1 fully saturated rings. The van der Waals surface area contributed by atoms with Crippen LogP contribution in [-0.2, 0) is 6.54 Å². The van der Waals surface area contributed by atoms with E-state index >= 15 is 0 Å². The van der Waals surface area contributed by atoms with Gasteiger partial charge >= 0.3 is 0 Å². The van der Waals surface area contributed by atoms with Crippen molar-refractivity contribution in [3.63, 3.8) is 0 Å². The third-order valence-electron chi connectivity index (χ3n) is 2.86. The zero-order chi connectivity index (χ0) is 9.97. The van der Waals surface area contributed by atoms with E-state index in [1.54, 1.807) is 0 Å². The first-order valence-electron chi connectivity index (χ1n) is 5.21. The SMILES string of the molecule is CC1CCN(Cc2ccccc2I)C1. The molecule has 0 radical (unpaired) electrons. The first kappa shape index (κ1) is 10.4. The second-order valence-corrected chi connectivity index (χ2v) is 5.38. The third-order valence-corrected chi connectivity index (χ3v) is 3.91. The van der Waals surface area contributed by atoms with E-state index in [9.17, 15) is 0 Å². The summed E-state index contributed by atoms with van der Waals surface area (Å²) in [7, 11) is 0. The molecule has 2 rings (SSSR count). The van der Waals surface area contributed by atoms with Crippen molar-refractivity contribution in [2.45, 2.75) is 19.9 Å². The van der Waals surface area contributed by atoms with Gasteiger partial charge in [-0.2, -0.15) is 0 Å². The Kier molecular flexibility index (Phi) is 3.44. The fourth-order valence-corrected chi connectivity index (χ4v) is 2.60. The van der Waals surface area contributed by atoms with Crippen LogP contribution < -0.4 is 0 Å². The summed E-state index contributed by atoms with van der Waals surface area (Å²) in [6.07, 6.45) is 1.36. The fourth-order valence-electron chi connectivity index (χ4n) is 2.04. The van der Waals surface area contributed by atoms with E-state index in [0.717, 1.165) is 12.5 Å². The average Bonchev–Trinajstić information content (AvgIpc) is 2.56. The van der Waals surface area contributed by atoms with Gasteiger partial charge in [-0.1, -0.05) is 25.1 Å². The minimum Gasteiger partial charge on any atom is -0.299 e. The molecule has 1 saturated heterocycles. The van der Waals surface area contributed by atoms with Gasteiger partial charge in [0.2, 0.25) is 0 Å². The van der Waals surface area contributed by atoms with Crippen LogP contribution in [0.3, 0.4) is 0 Å². The summed E-state index contributed by atoms with van der Waals surface area (Å²) < 4.78 is 1.39. The molecule has 0 aromatic heterocycles. The summed E-state index contributed by atoms with van der Waals surface area (Å²) in [5.41, 5.74) is 1.47. The molecule has 1 heterocycles. The number of hydrogen-bond donors (Lipinski definition) is 0. The van der Waals surface area contributed by atoms with Crippen molar-refractivity contribution in [3.05, 3.63) is 33.4 Å². The van der Waals surface area contributed by atoms with Crippen molar-refractivity contribution < 1.29 is 0 Å². The fraction of sp³-hybridized carbons (Fsp3) is 0.500. The molecule has 1 aromatic carbocycles. The Morgan fingerprint density at radius 2 is 2.21 bits per heavy atom. The Balaban J connectivity index is 2.01. The largest absolute Gasteiger partial charge is 0.299 e. The van der Waals surface area contributed by atoms with Gasteiger partial charge in [0.15, 0.2) is 0 Å². The maximum atomic E-state index is 2.56. The van der Waals surface area contributed by atoms with Gasteiger partial charge in [0.1, 0.15) is 0 Å². The highest BCUT2D eigenvalue weighted by atomic mass is 127. The molecular weight excluding hydrogens is 285 g/mol. The molecule has 76 valence electrons. The van der Waals surface area contributed by atoms with E-state index in [1.807, 2.05) is 0 Å². The van der Waals surface area contributed by atoms with Crippen LogP contribution in [0.5, 0.6) is 0 Å². The zero-order valence-electron chi connectivity index (χ0n) is 8.54. The standard InChI is InChI=1S/C12H16IN/c1-10-6-7-14(8-10)9-11-4-2-3-5-12(11)13/h2-5,10H,6-9H2,1H3. The van der Waals surface area contributed by atoms with E-state index in [-0.39, 0.29) is 0 Å². The highest BCUT2D eigenvalue weighted by Gasteiger charge is 2.18. The predicted molar refractivity (Wildman–Crippen MR) is 68.2 cm³/mol. The molecule has 2 heteroatoms. The molecule has 1 aliphatic heterocycles. The highest BCUT2D eigenvalue weighted by Crippen LogP contribution is 2.20. The Morgan fingerprint density at radius 3 is 2.86 bits per heavy atom. The van der Waals surface area contributed by atoms with E-state index in [1.165, 1.54) is 28.6 Å². The van der Waals surface area contributed by atoms with Crippen LogP contribution in [0, 0.1) is 9.49 Å². The van der Waals surface area contributed by atoms with Crippen LogP contribution in [-0.4, -0.2) is 18.0 Å². The Labute approximate surface area is 99.6 Å². The van der Waals surface area contributed by atoms with Gasteiger partial charge in [0.05, 0.1) is 0 Å². The smallest absolute Gasteiger partial charge is 0.0244 e. The van der Waals surface area contributed by atoms with E-state index in [4.69, 9.17) is 0 Å². The molecule has 1 unspecified atom stereocenters. The van der Waals surface area contributed by atoms with E-state index in [0.29, 0.717) is 0 Å². The summed E-state index contributed by atoms with van der Waals surface area (Å²) in [6, 6.07) is 8.68. The Bertz CT molecular complexity index is 311. The third kappa shape index (κ3) is 2.48. The van der Waals surface area contributed by atoms with Crippen LogP contribution in [0.2, 0.25) is 0 Å². The number of halogens is 1. The number of benzene rings is 1. The summed E-state index contributed by atoms with van der Waals surface area (Å²) in [4.78, 5) is 2.56. The van der Waals surface area contributed by atoms with Crippen molar-refractivity contribution >= 4 is 22.6 Å². The first-order chi connectivity index (χ1) is 6.75.